The molecule has 3 rings (SSSR count). The first kappa shape index (κ1) is 19.0. The van der Waals surface area contributed by atoms with Gasteiger partial charge < -0.3 is 14.4 Å². The Kier molecular flexibility index (Phi) is 4.46. The maximum absolute atomic E-state index is 10.2. The molecular formula is C19H26BN3O3. The van der Waals surface area contributed by atoms with Crippen LogP contribution in [0.4, 0.5) is 0 Å². The predicted molar refractivity (Wildman–Crippen MR) is 101 cm³/mol. The number of aromatic nitrogens is 3. The summed E-state index contributed by atoms with van der Waals surface area (Å²) in [6, 6.07) is 3.72. The Morgan fingerprint density at radius 1 is 1.04 bits per heavy atom. The van der Waals surface area contributed by atoms with Gasteiger partial charge >= 0.3 is 7.12 Å². The molecule has 1 aliphatic rings. The van der Waals surface area contributed by atoms with Crippen molar-refractivity contribution in [2.75, 3.05) is 0 Å². The van der Waals surface area contributed by atoms with Crippen molar-refractivity contribution in [1.82, 2.24) is 15.0 Å². The molecule has 138 valence electrons. The average Bonchev–Trinajstić information content (AvgIpc) is 2.75. The minimum absolute atomic E-state index is 0.356. The maximum atomic E-state index is 10.2. The molecule has 0 amide bonds. The molecule has 2 aromatic heterocycles. The van der Waals surface area contributed by atoms with E-state index in [1.54, 1.807) is 32.3 Å². The maximum Gasteiger partial charge on any atom is 0.495 e. The largest absolute Gasteiger partial charge is 0.495 e. The SMILES string of the molecule is Cc1cnc(-c2ccnc(C(C)(C)O)n2)cc1B1OC(C)(C)C(C)(C)O1. The van der Waals surface area contributed by atoms with Crippen molar-refractivity contribution in [2.24, 2.45) is 0 Å². The van der Waals surface area contributed by atoms with Gasteiger partial charge in [0.25, 0.3) is 0 Å². The van der Waals surface area contributed by atoms with Crippen molar-refractivity contribution in [3.63, 3.8) is 0 Å². The molecule has 0 spiro atoms. The zero-order chi connectivity index (χ0) is 19.3. The Morgan fingerprint density at radius 3 is 2.23 bits per heavy atom. The summed E-state index contributed by atoms with van der Waals surface area (Å²) in [6.07, 6.45) is 3.42. The Balaban J connectivity index is 2.00. The Morgan fingerprint density at radius 2 is 1.65 bits per heavy atom. The second-order valence-corrected chi connectivity index (χ2v) is 8.34. The predicted octanol–water partition coefficient (Wildman–Crippen LogP) is 2.37. The van der Waals surface area contributed by atoms with Crippen LogP contribution >= 0.6 is 0 Å². The van der Waals surface area contributed by atoms with Crippen LogP contribution in [0, 0.1) is 6.92 Å². The number of nitrogens with zero attached hydrogens (tertiary/aromatic N) is 3. The lowest BCUT2D eigenvalue weighted by Crippen LogP contribution is -2.41. The van der Waals surface area contributed by atoms with E-state index in [2.05, 4.69) is 15.0 Å². The van der Waals surface area contributed by atoms with Gasteiger partial charge in [0, 0.05) is 12.4 Å². The van der Waals surface area contributed by atoms with E-state index in [4.69, 9.17) is 9.31 Å². The molecule has 0 atom stereocenters. The molecule has 3 heterocycles. The minimum atomic E-state index is -1.12. The lowest BCUT2D eigenvalue weighted by Gasteiger charge is -2.32. The van der Waals surface area contributed by atoms with E-state index < -0.39 is 23.9 Å². The van der Waals surface area contributed by atoms with Gasteiger partial charge in [-0.1, -0.05) is 0 Å². The van der Waals surface area contributed by atoms with Crippen LogP contribution in [0.1, 0.15) is 52.9 Å². The summed E-state index contributed by atoms with van der Waals surface area (Å²) in [4.78, 5) is 13.1. The number of aryl methyl sites for hydroxylation is 1. The fraction of sp³-hybridized carbons (Fsp3) is 0.526. The number of rotatable bonds is 3. The molecule has 1 aliphatic heterocycles. The smallest absolute Gasteiger partial charge is 0.399 e. The summed E-state index contributed by atoms with van der Waals surface area (Å²) < 4.78 is 12.4. The van der Waals surface area contributed by atoms with Crippen molar-refractivity contribution in [2.45, 2.75) is 65.3 Å². The standard InChI is InChI=1S/C19H26BN3O3/c1-12-11-22-15(14-8-9-21-16(23-14)17(2,3)24)10-13(12)20-25-18(4,5)19(6,7)26-20/h8-11,24H,1-7H3. The van der Waals surface area contributed by atoms with Gasteiger partial charge in [-0.15, -0.1) is 0 Å². The van der Waals surface area contributed by atoms with Crippen molar-refractivity contribution >= 4 is 12.6 Å². The lowest BCUT2D eigenvalue weighted by atomic mass is 9.76. The molecule has 0 bridgehead atoms. The van der Waals surface area contributed by atoms with E-state index in [0.717, 1.165) is 11.0 Å². The highest BCUT2D eigenvalue weighted by atomic mass is 16.7. The Bertz CT molecular complexity index is 815. The van der Waals surface area contributed by atoms with Crippen LogP contribution in [0.3, 0.4) is 0 Å². The van der Waals surface area contributed by atoms with E-state index in [9.17, 15) is 5.11 Å². The molecule has 0 aromatic carbocycles. The van der Waals surface area contributed by atoms with Gasteiger partial charge in [-0.25, -0.2) is 9.97 Å². The quantitative estimate of drug-likeness (QED) is 0.852. The van der Waals surface area contributed by atoms with Crippen LogP contribution < -0.4 is 5.46 Å². The summed E-state index contributed by atoms with van der Waals surface area (Å²) in [7, 11) is -0.461. The average molecular weight is 355 g/mol. The molecule has 0 saturated carbocycles. The van der Waals surface area contributed by atoms with Crippen molar-refractivity contribution in [1.29, 1.82) is 0 Å². The Hall–Kier alpha value is -1.83. The summed E-state index contributed by atoms with van der Waals surface area (Å²) in [5, 5.41) is 10.2. The highest BCUT2D eigenvalue weighted by Crippen LogP contribution is 2.36. The first-order valence-electron chi connectivity index (χ1n) is 8.79. The van der Waals surface area contributed by atoms with E-state index in [1.807, 2.05) is 40.7 Å². The van der Waals surface area contributed by atoms with Gasteiger partial charge in [0.2, 0.25) is 0 Å². The second-order valence-electron chi connectivity index (χ2n) is 8.34. The summed E-state index contributed by atoms with van der Waals surface area (Å²) in [6.45, 7) is 13.4. The summed E-state index contributed by atoms with van der Waals surface area (Å²) >= 11 is 0. The van der Waals surface area contributed by atoms with Crippen LogP contribution in [0.25, 0.3) is 11.4 Å². The van der Waals surface area contributed by atoms with Crippen LogP contribution in [0.2, 0.25) is 0 Å². The molecule has 26 heavy (non-hydrogen) atoms. The molecule has 6 nitrogen and oxygen atoms in total. The highest BCUT2D eigenvalue weighted by Gasteiger charge is 2.52. The van der Waals surface area contributed by atoms with Crippen molar-refractivity contribution in [3.8, 4) is 11.4 Å². The molecular weight excluding hydrogens is 329 g/mol. The first-order chi connectivity index (χ1) is 11.9. The summed E-state index contributed by atoms with van der Waals surface area (Å²) in [5.74, 6) is 0.356. The van der Waals surface area contributed by atoms with Crippen molar-refractivity contribution < 1.29 is 14.4 Å². The van der Waals surface area contributed by atoms with Crippen LogP contribution in [-0.4, -0.2) is 38.4 Å². The second kappa shape index (κ2) is 6.11. The first-order valence-corrected chi connectivity index (χ1v) is 8.79. The molecule has 1 saturated heterocycles. The van der Waals surface area contributed by atoms with E-state index in [-0.39, 0.29) is 0 Å². The van der Waals surface area contributed by atoms with Crippen LogP contribution in [0.15, 0.2) is 24.5 Å². The third-order valence-corrected chi connectivity index (χ3v) is 5.12. The number of hydrogen-bond donors (Lipinski definition) is 1. The number of aliphatic hydroxyl groups is 1. The van der Waals surface area contributed by atoms with Crippen molar-refractivity contribution in [3.05, 3.63) is 35.9 Å². The fourth-order valence-corrected chi connectivity index (χ4v) is 2.70. The molecule has 1 N–H and O–H groups in total. The zero-order valence-electron chi connectivity index (χ0n) is 16.5. The van der Waals surface area contributed by atoms with Gasteiger partial charge in [-0.2, -0.15) is 0 Å². The lowest BCUT2D eigenvalue weighted by molar-refractivity contribution is 0.00578. The zero-order valence-corrected chi connectivity index (χ0v) is 16.5. The molecule has 0 radical (unpaired) electrons. The summed E-state index contributed by atoms with van der Waals surface area (Å²) in [5.41, 5.74) is 1.33. The van der Waals surface area contributed by atoms with Gasteiger partial charge in [0.05, 0.1) is 22.6 Å². The monoisotopic (exact) mass is 355 g/mol. The van der Waals surface area contributed by atoms with Gasteiger partial charge in [-0.05, 0) is 71.6 Å². The third kappa shape index (κ3) is 3.39. The minimum Gasteiger partial charge on any atom is -0.399 e. The fourth-order valence-electron chi connectivity index (χ4n) is 2.70. The molecule has 2 aromatic rings. The topological polar surface area (TPSA) is 77.4 Å². The van der Waals surface area contributed by atoms with Crippen LogP contribution in [0.5, 0.6) is 0 Å². The highest BCUT2D eigenvalue weighted by molar-refractivity contribution is 6.62. The van der Waals surface area contributed by atoms with Crippen LogP contribution in [-0.2, 0) is 14.9 Å². The Labute approximate surface area is 155 Å². The van der Waals surface area contributed by atoms with E-state index >= 15 is 0 Å². The molecule has 0 unspecified atom stereocenters. The van der Waals surface area contributed by atoms with Gasteiger partial charge in [0.1, 0.15) is 5.60 Å². The van der Waals surface area contributed by atoms with Gasteiger partial charge in [-0.3, -0.25) is 4.98 Å². The van der Waals surface area contributed by atoms with E-state index in [0.29, 0.717) is 17.2 Å². The number of hydrogen-bond acceptors (Lipinski definition) is 6. The molecule has 0 aliphatic carbocycles. The van der Waals surface area contributed by atoms with Gasteiger partial charge in [0.15, 0.2) is 5.82 Å². The third-order valence-electron chi connectivity index (χ3n) is 5.12. The normalized spacial score (nSPS) is 19.0. The number of pyridine rings is 1. The van der Waals surface area contributed by atoms with E-state index in [1.165, 1.54) is 0 Å². The molecule has 1 fully saturated rings. The molecule has 7 heteroatoms.